The number of benzene rings is 1. The molecule has 0 unspecified atom stereocenters. The summed E-state index contributed by atoms with van der Waals surface area (Å²) in [5.74, 6) is -2.55. The van der Waals surface area contributed by atoms with Gasteiger partial charge in [0.2, 0.25) is 0 Å². The summed E-state index contributed by atoms with van der Waals surface area (Å²) in [7, 11) is 5.37. The van der Waals surface area contributed by atoms with Gasteiger partial charge >= 0.3 is 87.4 Å². The number of alkyl halides is 3. The summed E-state index contributed by atoms with van der Waals surface area (Å²) in [6.45, 7) is 0. The summed E-state index contributed by atoms with van der Waals surface area (Å²) in [6.07, 6.45) is -4.87. The minimum absolute atomic E-state index is 0.107. The number of hydrogen-bond donors (Lipinski definition) is 0. The van der Waals surface area contributed by atoms with E-state index in [0.29, 0.717) is 6.07 Å². The third kappa shape index (κ3) is 2.42. The van der Waals surface area contributed by atoms with Crippen molar-refractivity contribution < 1.29 is 38.1 Å². The van der Waals surface area contributed by atoms with Gasteiger partial charge in [0.1, 0.15) is 0 Å². The van der Waals surface area contributed by atoms with E-state index in [1.807, 2.05) is 0 Å². The number of halogens is 6. The molecule has 0 bridgehead atoms. The van der Waals surface area contributed by atoms with E-state index in [2.05, 4.69) is 0 Å². The quantitative estimate of drug-likeness (QED) is 0.549. The molecule has 0 N–H and O–H groups in total. The molecule has 14 heavy (non-hydrogen) atoms. The van der Waals surface area contributed by atoms with E-state index in [4.69, 9.17) is 9.69 Å². The predicted octanol–water partition coefficient (Wildman–Crippen LogP) is 2.85. The Labute approximate surface area is 87.7 Å². The Morgan fingerprint density at radius 2 is 1.64 bits per heavy atom. The molecule has 1 aromatic carbocycles. The maximum atomic E-state index is 12.9. The first-order chi connectivity index (χ1) is 6.36. The van der Waals surface area contributed by atoms with Gasteiger partial charge in [-0.1, -0.05) is 0 Å². The molecule has 0 saturated heterocycles. The van der Waals surface area contributed by atoms with Gasteiger partial charge in [0.05, 0.1) is 0 Å². The fraction of sp³-hybridized carbons (Fsp3) is 0.143. The van der Waals surface area contributed by atoms with Gasteiger partial charge in [-0.15, -0.1) is 0 Å². The van der Waals surface area contributed by atoms with E-state index in [0.717, 1.165) is 0 Å². The summed E-state index contributed by atoms with van der Waals surface area (Å²) in [6, 6.07) is 0.684. The molecule has 0 spiro atoms. The summed E-state index contributed by atoms with van der Waals surface area (Å²) in [4.78, 5) is 0. The van der Waals surface area contributed by atoms with Crippen molar-refractivity contribution in [3.63, 3.8) is 0 Å². The van der Waals surface area contributed by atoms with E-state index in [-0.39, 0.29) is 10.2 Å². The van der Waals surface area contributed by atoms with E-state index in [1.54, 1.807) is 0 Å². The van der Waals surface area contributed by atoms with E-state index in [1.165, 1.54) is 0 Å². The Kier molecular flexibility index (Phi) is 3.48. The normalized spacial score (nSPS) is 11.3. The van der Waals surface area contributed by atoms with E-state index >= 15 is 0 Å². The molecule has 1 aromatic rings. The Morgan fingerprint density at radius 3 is 2.07 bits per heavy atom. The van der Waals surface area contributed by atoms with Crippen molar-refractivity contribution in [2.75, 3.05) is 0 Å². The molecule has 0 aliphatic heterocycles. The molecule has 0 saturated carbocycles. The molecule has 0 aromatic heterocycles. The molecule has 0 radical (unpaired) electrons. The second-order valence-corrected chi connectivity index (χ2v) is 6.10. The van der Waals surface area contributed by atoms with Gasteiger partial charge < -0.3 is 0 Å². The second-order valence-electron chi connectivity index (χ2n) is 2.55. The standard InChI is InChI=1S/C7H2F5.ClH.Zn/c8-4-1-2-6(9)5(3-4)7(10,11)12;;/h2-3H;1H;/q;;+1/p-1. The molecule has 74 valence electrons. The molecular formula is C7H2ClF5Zn. The van der Waals surface area contributed by atoms with Crippen LogP contribution >= 0.6 is 9.69 Å². The van der Waals surface area contributed by atoms with Crippen LogP contribution in [0.3, 0.4) is 0 Å². The minimum atomic E-state index is -4.87. The summed E-state index contributed by atoms with van der Waals surface area (Å²) < 4.78 is 61.7. The van der Waals surface area contributed by atoms with Gasteiger partial charge in [0, 0.05) is 0 Å². The first kappa shape index (κ1) is 11.9. The molecule has 0 aliphatic rings. The van der Waals surface area contributed by atoms with Gasteiger partial charge in [-0.2, -0.15) is 0 Å². The summed E-state index contributed by atoms with van der Waals surface area (Å²) in [5, 5.41) is 0. The zero-order chi connectivity index (χ0) is 10.9. The SMILES string of the molecule is Fc1cc(C(F)(F)F)c(F)c[c]1[Zn][Cl]. The third-order valence-corrected chi connectivity index (χ3v) is 4.82. The zero-order valence-corrected chi connectivity index (χ0v) is 10.4. The van der Waals surface area contributed by atoms with Gasteiger partial charge in [0.15, 0.2) is 0 Å². The summed E-state index contributed by atoms with van der Waals surface area (Å²) in [5.41, 5.74) is -1.59. The number of rotatable bonds is 1. The monoisotopic (exact) mass is 280 g/mol. The molecule has 0 aliphatic carbocycles. The molecule has 1 rings (SSSR count). The molecule has 0 atom stereocenters. The van der Waals surface area contributed by atoms with Crippen LogP contribution in [-0.4, -0.2) is 0 Å². The van der Waals surface area contributed by atoms with Crippen LogP contribution in [0.2, 0.25) is 0 Å². The van der Waals surface area contributed by atoms with Crippen LogP contribution in [0.5, 0.6) is 0 Å². The molecule has 0 amide bonds. The van der Waals surface area contributed by atoms with Gasteiger partial charge in [-0.25, -0.2) is 0 Å². The van der Waals surface area contributed by atoms with E-state index < -0.39 is 39.5 Å². The van der Waals surface area contributed by atoms with Crippen molar-refractivity contribution in [3.05, 3.63) is 29.3 Å². The van der Waals surface area contributed by atoms with E-state index in [9.17, 15) is 22.0 Å². The third-order valence-electron chi connectivity index (χ3n) is 1.59. The van der Waals surface area contributed by atoms with Crippen molar-refractivity contribution in [1.29, 1.82) is 0 Å². The molecule has 0 nitrogen and oxygen atoms in total. The predicted molar refractivity (Wildman–Crippen MR) is 36.8 cm³/mol. The Balaban J connectivity index is 3.29. The Hall–Kier alpha value is -0.217. The van der Waals surface area contributed by atoms with Crippen molar-refractivity contribution in [2.24, 2.45) is 0 Å². The summed E-state index contributed by atoms with van der Waals surface area (Å²) >= 11 is -1.93. The van der Waals surface area contributed by atoms with Gasteiger partial charge in [-0.3, -0.25) is 0 Å². The van der Waals surface area contributed by atoms with Crippen molar-refractivity contribution >= 4 is 13.8 Å². The fourth-order valence-electron chi connectivity index (χ4n) is 0.908. The zero-order valence-electron chi connectivity index (χ0n) is 6.63. The van der Waals surface area contributed by atoms with Crippen LogP contribution in [-0.2, 0) is 22.3 Å². The maximum absolute atomic E-state index is 12.9. The Morgan fingerprint density at radius 1 is 1.07 bits per heavy atom. The fourth-order valence-corrected chi connectivity index (χ4v) is 2.99. The van der Waals surface area contributed by atoms with Gasteiger partial charge in [-0.05, 0) is 0 Å². The van der Waals surface area contributed by atoms with Crippen LogP contribution in [0.4, 0.5) is 22.0 Å². The topological polar surface area (TPSA) is 0 Å². The van der Waals surface area contributed by atoms with Crippen LogP contribution in [0.15, 0.2) is 12.1 Å². The van der Waals surface area contributed by atoms with Crippen LogP contribution in [0, 0.1) is 11.6 Å². The molecule has 7 heteroatoms. The number of hydrogen-bond acceptors (Lipinski definition) is 0. The van der Waals surface area contributed by atoms with Crippen molar-refractivity contribution in [2.45, 2.75) is 6.18 Å². The molecule has 0 heterocycles. The Bertz CT molecular complexity index is 349. The average molecular weight is 282 g/mol. The average Bonchev–Trinajstić information content (AvgIpc) is 2.06. The van der Waals surface area contributed by atoms with Crippen molar-refractivity contribution in [1.82, 2.24) is 0 Å². The second kappa shape index (κ2) is 4.11. The van der Waals surface area contributed by atoms with Crippen molar-refractivity contribution in [3.8, 4) is 0 Å². The first-order valence-corrected chi connectivity index (χ1v) is 8.85. The molecule has 0 fully saturated rings. The van der Waals surface area contributed by atoms with Crippen LogP contribution in [0.25, 0.3) is 0 Å². The molecular weight excluding hydrogens is 280 g/mol. The van der Waals surface area contributed by atoms with Gasteiger partial charge in [0.25, 0.3) is 0 Å². The first-order valence-electron chi connectivity index (χ1n) is 3.47. The van der Waals surface area contributed by atoms with Crippen LogP contribution < -0.4 is 4.16 Å². The van der Waals surface area contributed by atoms with Crippen LogP contribution in [0.1, 0.15) is 5.56 Å².